The van der Waals surface area contributed by atoms with E-state index in [-0.39, 0.29) is 21.5 Å². The molecule has 1 aliphatic heterocycles. The quantitative estimate of drug-likeness (QED) is 0.858. The minimum Gasteiger partial charge on any atom is -0.379 e. The maximum Gasteiger partial charge on any atom is 0.261 e. The molecule has 0 bridgehead atoms. The summed E-state index contributed by atoms with van der Waals surface area (Å²) in [7, 11) is 1.33. The third-order valence-electron chi connectivity index (χ3n) is 2.91. The average molecular weight is 338 g/mol. The van der Waals surface area contributed by atoms with Crippen LogP contribution in [0, 0.1) is 0 Å². The molecule has 0 aromatic heterocycles. The van der Waals surface area contributed by atoms with Crippen molar-refractivity contribution < 1.29 is 17.9 Å². The standard InChI is InChI=1S/C12H13Cl2NO4S/c13-9-4-8(5-11(6-9)20(14,17)18)12(16)15-10-2-1-3-19-7-10/h4-6,10H,1-3,7H2,(H,15,16). The van der Waals surface area contributed by atoms with Crippen molar-refractivity contribution >= 4 is 37.2 Å². The zero-order chi connectivity index (χ0) is 14.8. The van der Waals surface area contributed by atoms with E-state index in [1.54, 1.807) is 0 Å². The molecule has 2 rings (SSSR count). The number of carbonyl (C=O) groups excluding carboxylic acids is 1. The lowest BCUT2D eigenvalue weighted by Crippen LogP contribution is -2.40. The molecule has 1 N–H and O–H groups in total. The van der Waals surface area contributed by atoms with Crippen LogP contribution in [-0.4, -0.2) is 33.6 Å². The Morgan fingerprint density at radius 1 is 1.35 bits per heavy atom. The highest BCUT2D eigenvalue weighted by Gasteiger charge is 2.19. The summed E-state index contributed by atoms with van der Waals surface area (Å²) in [5.41, 5.74) is 0.155. The molecule has 1 saturated heterocycles. The molecule has 1 atom stereocenters. The van der Waals surface area contributed by atoms with E-state index in [9.17, 15) is 13.2 Å². The van der Waals surface area contributed by atoms with Gasteiger partial charge in [-0.05, 0) is 31.0 Å². The molecule has 110 valence electrons. The largest absolute Gasteiger partial charge is 0.379 e. The summed E-state index contributed by atoms with van der Waals surface area (Å²) in [5.74, 6) is -0.399. The van der Waals surface area contributed by atoms with Crippen molar-refractivity contribution in [1.82, 2.24) is 5.32 Å². The molecule has 1 aliphatic rings. The molecule has 1 fully saturated rings. The van der Waals surface area contributed by atoms with Crippen molar-refractivity contribution in [3.05, 3.63) is 28.8 Å². The molecule has 0 aliphatic carbocycles. The fraction of sp³-hybridized carbons (Fsp3) is 0.417. The number of amides is 1. The van der Waals surface area contributed by atoms with Crippen LogP contribution in [0.2, 0.25) is 5.02 Å². The summed E-state index contributed by atoms with van der Waals surface area (Å²) in [6.45, 7) is 1.14. The van der Waals surface area contributed by atoms with Crippen molar-refractivity contribution in [2.45, 2.75) is 23.8 Å². The fourth-order valence-corrected chi connectivity index (χ4v) is 3.06. The molecule has 0 saturated carbocycles. The van der Waals surface area contributed by atoms with Crippen molar-refractivity contribution in [1.29, 1.82) is 0 Å². The molecule has 1 unspecified atom stereocenters. The second-order valence-electron chi connectivity index (χ2n) is 4.50. The Morgan fingerprint density at radius 2 is 2.10 bits per heavy atom. The molecular weight excluding hydrogens is 325 g/mol. The van der Waals surface area contributed by atoms with Crippen LogP contribution in [-0.2, 0) is 13.8 Å². The first-order chi connectivity index (χ1) is 9.36. The van der Waals surface area contributed by atoms with Gasteiger partial charge in [0.2, 0.25) is 0 Å². The monoisotopic (exact) mass is 337 g/mol. The Morgan fingerprint density at radius 3 is 2.70 bits per heavy atom. The van der Waals surface area contributed by atoms with Gasteiger partial charge < -0.3 is 10.1 Å². The van der Waals surface area contributed by atoms with Crippen LogP contribution in [0.15, 0.2) is 23.1 Å². The summed E-state index contributed by atoms with van der Waals surface area (Å²) in [4.78, 5) is 11.9. The van der Waals surface area contributed by atoms with E-state index in [4.69, 9.17) is 27.0 Å². The summed E-state index contributed by atoms with van der Waals surface area (Å²) in [6.07, 6.45) is 1.70. The van der Waals surface area contributed by atoms with Gasteiger partial charge in [0.05, 0.1) is 17.5 Å². The van der Waals surface area contributed by atoms with Gasteiger partial charge in [0.1, 0.15) is 0 Å². The highest BCUT2D eigenvalue weighted by atomic mass is 35.7. The molecule has 0 radical (unpaired) electrons. The molecule has 5 nitrogen and oxygen atoms in total. The van der Waals surface area contributed by atoms with Crippen molar-refractivity contribution in [3.8, 4) is 0 Å². The fourth-order valence-electron chi connectivity index (χ4n) is 1.96. The van der Waals surface area contributed by atoms with Gasteiger partial charge in [0, 0.05) is 27.9 Å². The van der Waals surface area contributed by atoms with Crippen LogP contribution < -0.4 is 5.32 Å². The van der Waals surface area contributed by atoms with Gasteiger partial charge in [-0.3, -0.25) is 4.79 Å². The normalized spacial score (nSPS) is 19.6. The smallest absolute Gasteiger partial charge is 0.261 e. The third kappa shape index (κ3) is 4.09. The Bertz CT molecular complexity index is 612. The Kier molecular flexibility index (Phi) is 4.90. The highest BCUT2D eigenvalue weighted by Crippen LogP contribution is 2.22. The number of halogens is 2. The molecule has 1 aromatic carbocycles. The Hall–Kier alpha value is -0.820. The molecule has 0 spiro atoms. The molecule has 1 aromatic rings. The number of ether oxygens (including phenoxy) is 1. The summed E-state index contributed by atoms with van der Waals surface area (Å²) in [5, 5.41) is 2.92. The summed E-state index contributed by atoms with van der Waals surface area (Å²) in [6, 6.07) is 3.72. The van der Waals surface area contributed by atoms with Gasteiger partial charge >= 0.3 is 0 Å². The average Bonchev–Trinajstić information content (AvgIpc) is 2.38. The van der Waals surface area contributed by atoms with Crippen molar-refractivity contribution in [2.75, 3.05) is 13.2 Å². The van der Waals surface area contributed by atoms with Crippen LogP contribution in [0.25, 0.3) is 0 Å². The molecule has 1 amide bonds. The number of carbonyl (C=O) groups is 1. The van der Waals surface area contributed by atoms with Gasteiger partial charge in [-0.2, -0.15) is 0 Å². The number of hydrogen-bond acceptors (Lipinski definition) is 4. The third-order valence-corrected chi connectivity index (χ3v) is 4.46. The highest BCUT2D eigenvalue weighted by molar-refractivity contribution is 8.13. The lowest BCUT2D eigenvalue weighted by Gasteiger charge is -2.23. The first kappa shape index (κ1) is 15.6. The Balaban J connectivity index is 2.19. The van der Waals surface area contributed by atoms with E-state index in [2.05, 4.69) is 5.32 Å². The predicted molar refractivity (Wildman–Crippen MR) is 75.8 cm³/mol. The second kappa shape index (κ2) is 6.30. The first-order valence-corrected chi connectivity index (χ1v) is 8.69. The van der Waals surface area contributed by atoms with Gasteiger partial charge in [-0.1, -0.05) is 11.6 Å². The van der Waals surface area contributed by atoms with E-state index in [0.29, 0.717) is 13.2 Å². The lowest BCUT2D eigenvalue weighted by atomic mass is 10.1. The van der Waals surface area contributed by atoms with Gasteiger partial charge in [-0.15, -0.1) is 0 Å². The minimum atomic E-state index is -3.93. The SMILES string of the molecule is O=C(NC1CCCOC1)c1cc(Cl)cc(S(=O)(=O)Cl)c1. The van der Waals surface area contributed by atoms with E-state index in [0.717, 1.165) is 12.8 Å². The first-order valence-electron chi connectivity index (χ1n) is 6.00. The maximum absolute atomic E-state index is 12.1. The van der Waals surface area contributed by atoms with Crippen LogP contribution >= 0.6 is 22.3 Å². The van der Waals surface area contributed by atoms with Gasteiger partial charge in [0.15, 0.2) is 0 Å². The van der Waals surface area contributed by atoms with E-state index < -0.39 is 15.0 Å². The van der Waals surface area contributed by atoms with Crippen molar-refractivity contribution in [3.63, 3.8) is 0 Å². The Labute approximate surface area is 126 Å². The topological polar surface area (TPSA) is 72.5 Å². The maximum atomic E-state index is 12.1. The van der Waals surface area contributed by atoms with E-state index >= 15 is 0 Å². The number of nitrogens with one attached hydrogen (secondary N) is 1. The zero-order valence-electron chi connectivity index (χ0n) is 10.4. The van der Waals surface area contributed by atoms with Crippen LogP contribution in [0.4, 0.5) is 0 Å². The van der Waals surface area contributed by atoms with E-state index in [1.807, 2.05) is 0 Å². The van der Waals surface area contributed by atoms with Gasteiger partial charge in [-0.25, -0.2) is 8.42 Å². The van der Waals surface area contributed by atoms with E-state index in [1.165, 1.54) is 18.2 Å². The molecular formula is C12H13Cl2NO4S. The number of benzene rings is 1. The van der Waals surface area contributed by atoms with Crippen LogP contribution in [0.5, 0.6) is 0 Å². The molecule has 20 heavy (non-hydrogen) atoms. The predicted octanol–water partition coefficient (Wildman–Crippen LogP) is 2.18. The number of hydrogen-bond donors (Lipinski definition) is 1. The van der Waals surface area contributed by atoms with Crippen molar-refractivity contribution in [2.24, 2.45) is 0 Å². The van der Waals surface area contributed by atoms with Crippen LogP contribution in [0.1, 0.15) is 23.2 Å². The zero-order valence-corrected chi connectivity index (χ0v) is 12.8. The van der Waals surface area contributed by atoms with Gasteiger partial charge in [0.25, 0.3) is 15.0 Å². The van der Waals surface area contributed by atoms with Crippen LogP contribution in [0.3, 0.4) is 0 Å². The summed E-state index contributed by atoms with van der Waals surface area (Å²) >= 11 is 5.82. The summed E-state index contributed by atoms with van der Waals surface area (Å²) < 4.78 is 27.9. The number of rotatable bonds is 3. The minimum absolute atomic E-state index is 0.0775. The molecule has 8 heteroatoms. The molecule has 1 heterocycles. The second-order valence-corrected chi connectivity index (χ2v) is 7.50. The lowest BCUT2D eigenvalue weighted by molar-refractivity contribution is 0.0624.